The van der Waals surface area contributed by atoms with Crippen LogP contribution in [0.15, 0.2) is 18.3 Å². The second-order valence-electron chi connectivity index (χ2n) is 4.36. The van der Waals surface area contributed by atoms with Crippen molar-refractivity contribution in [2.24, 2.45) is 5.92 Å². The molecule has 0 atom stereocenters. The van der Waals surface area contributed by atoms with Crippen molar-refractivity contribution >= 4 is 5.82 Å². The molecule has 0 saturated heterocycles. The fraction of sp³-hybridized carbons (Fsp3) is 0.583. The third-order valence-corrected chi connectivity index (χ3v) is 2.91. The third-order valence-electron chi connectivity index (χ3n) is 2.91. The first-order chi connectivity index (χ1) is 7.28. The topological polar surface area (TPSA) is 42.1 Å². The van der Waals surface area contributed by atoms with Gasteiger partial charge in [0, 0.05) is 19.3 Å². The van der Waals surface area contributed by atoms with Gasteiger partial charge in [-0.15, -0.1) is 0 Å². The first-order valence-electron chi connectivity index (χ1n) is 5.70. The van der Waals surface area contributed by atoms with Gasteiger partial charge in [0.25, 0.3) is 0 Å². The van der Waals surface area contributed by atoms with Gasteiger partial charge < -0.3 is 5.73 Å². The van der Waals surface area contributed by atoms with E-state index < -0.39 is 0 Å². The van der Waals surface area contributed by atoms with Crippen LogP contribution in [0.2, 0.25) is 0 Å². The third kappa shape index (κ3) is 3.20. The average Bonchev–Trinajstić information content (AvgIpc) is 3.04. The minimum absolute atomic E-state index is 0.601. The molecular weight excluding hydrogens is 186 g/mol. The zero-order chi connectivity index (χ0) is 10.7. The molecule has 82 valence electrons. The van der Waals surface area contributed by atoms with Gasteiger partial charge in [-0.3, -0.25) is 4.90 Å². The van der Waals surface area contributed by atoms with E-state index >= 15 is 0 Å². The lowest BCUT2D eigenvalue weighted by Crippen LogP contribution is -2.25. The molecule has 2 rings (SSSR count). The molecule has 1 aromatic heterocycles. The van der Waals surface area contributed by atoms with Crippen LogP contribution in [-0.2, 0) is 6.54 Å². The van der Waals surface area contributed by atoms with Crippen molar-refractivity contribution in [3.63, 3.8) is 0 Å². The first kappa shape index (κ1) is 10.4. The van der Waals surface area contributed by atoms with E-state index in [0.29, 0.717) is 5.82 Å². The van der Waals surface area contributed by atoms with Gasteiger partial charge in [-0.1, -0.05) is 13.0 Å². The Morgan fingerprint density at radius 1 is 1.47 bits per heavy atom. The lowest BCUT2D eigenvalue weighted by Gasteiger charge is -2.19. The Morgan fingerprint density at radius 2 is 2.27 bits per heavy atom. The van der Waals surface area contributed by atoms with Crippen molar-refractivity contribution in [1.82, 2.24) is 9.88 Å². The second kappa shape index (κ2) is 4.62. The fourth-order valence-electron chi connectivity index (χ4n) is 1.76. The van der Waals surface area contributed by atoms with Gasteiger partial charge in [0.2, 0.25) is 0 Å². The van der Waals surface area contributed by atoms with Crippen LogP contribution < -0.4 is 5.73 Å². The summed E-state index contributed by atoms with van der Waals surface area (Å²) < 4.78 is 0. The number of nitrogens with two attached hydrogens (primary N) is 1. The Hall–Kier alpha value is -1.09. The summed E-state index contributed by atoms with van der Waals surface area (Å²) in [5.41, 5.74) is 6.81. The predicted octanol–water partition coefficient (Wildman–Crippen LogP) is 1.90. The maximum Gasteiger partial charge on any atom is 0.123 e. The SMILES string of the molecule is CCN(Cc1ccc(N)nc1)CC1CC1. The molecule has 0 amide bonds. The molecule has 0 spiro atoms. The Labute approximate surface area is 91.3 Å². The van der Waals surface area contributed by atoms with Gasteiger partial charge in [0.15, 0.2) is 0 Å². The highest BCUT2D eigenvalue weighted by Gasteiger charge is 2.23. The predicted molar refractivity (Wildman–Crippen MR) is 62.3 cm³/mol. The number of pyridine rings is 1. The van der Waals surface area contributed by atoms with E-state index in [1.807, 2.05) is 12.3 Å². The molecule has 0 aliphatic heterocycles. The molecule has 2 N–H and O–H groups in total. The summed E-state index contributed by atoms with van der Waals surface area (Å²) in [5.74, 6) is 1.55. The second-order valence-corrected chi connectivity index (χ2v) is 4.36. The van der Waals surface area contributed by atoms with Gasteiger partial charge in [-0.25, -0.2) is 4.98 Å². The number of hydrogen-bond acceptors (Lipinski definition) is 3. The Bertz CT molecular complexity index is 303. The van der Waals surface area contributed by atoms with Crippen molar-refractivity contribution in [3.8, 4) is 0 Å². The summed E-state index contributed by atoms with van der Waals surface area (Å²) in [6.45, 7) is 5.56. The largest absolute Gasteiger partial charge is 0.384 e. The zero-order valence-corrected chi connectivity index (χ0v) is 9.32. The molecule has 1 saturated carbocycles. The minimum atomic E-state index is 0.601. The van der Waals surface area contributed by atoms with Crippen molar-refractivity contribution in [1.29, 1.82) is 0 Å². The van der Waals surface area contributed by atoms with Gasteiger partial charge in [0.05, 0.1) is 0 Å². The van der Waals surface area contributed by atoms with E-state index in [1.165, 1.54) is 24.9 Å². The lowest BCUT2D eigenvalue weighted by atomic mass is 10.2. The Morgan fingerprint density at radius 3 is 2.80 bits per heavy atom. The molecule has 0 radical (unpaired) electrons. The molecule has 0 unspecified atom stereocenters. The van der Waals surface area contributed by atoms with Crippen LogP contribution in [0.5, 0.6) is 0 Å². The molecule has 1 aromatic rings. The van der Waals surface area contributed by atoms with Crippen LogP contribution >= 0.6 is 0 Å². The molecule has 1 fully saturated rings. The standard InChI is InChI=1S/C12H19N3/c1-2-15(8-10-3-4-10)9-11-5-6-12(13)14-7-11/h5-7,10H,2-4,8-9H2,1H3,(H2,13,14). The van der Waals surface area contributed by atoms with Gasteiger partial charge in [-0.2, -0.15) is 0 Å². The number of nitrogen functional groups attached to an aromatic ring is 1. The smallest absolute Gasteiger partial charge is 0.123 e. The van der Waals surface area contributed by atoms with Crippen molar-refractivity contribution in [3.05, 3.63) is 23.9 Å². The maximum absolute atomic E-state index is 5.56. The highest BCUT2D eigenvalue weighted by atomic mass is 15.1. The summed E-state index contributed by atoms with van der Waals surface area (Å²) in [7, 11) is 0. The fourth-order valence-corrected chi connectivity index (χ4v) is 1.76. The number of hydrogen-bond donors (Lipinski definition) is 1. The molecule has 1 aliphatic carbocycles. The van der Waals surface area contributed by atoms with E-state index in [-0.39, 0.29) is 0 Å². The molecular formula is C12H19N3. The molecule has 15 heavy (non-hydrogen) atoms. The highest BCUT2D eigenvalue weighted by Crippen LogP contribution is 2.30. The summed E-state index contributed by atoms with van der Waals surface area (Å²) >= 11 is 0. The van der Waals surface area contributed by atoms with Crippen LogP contribution in [-0.4, -0.2) is 23.0 Å². The average molecular weight is 205 g/mol. The molecule has 0 aromatic carbocycles. The molecule has 0 bridgehead atoms. The molecule has 1 heterocycles. The van der Waals surface area contributed by atoms with E-state index in [2.05, 4.69) is 22.9 Å². The molecule has 1 aliphatic rings. The van der Waals surface area contributed by atoms with Gasteiger partial charge in [-0.05, 0) is 36.9 Å². The Balaban J connectivity index is 1.89. The number of anilines is 1. The van der Waals surface area contributed by atoms with E-state index in [9.17, 15) is 0 Å². The molecule has 3 nitrogen and oxygen atoms in total. The molecule has 3 heteroatoms. The van der Waals surface area contributed by atoms with Crippen molar-refractivity contribution in [2.45, 2.75) is 26.3 Å². The summed E-state index contributed by atoms with van der Waals surface area (Å²) in [5, 5.41) is 0. The number of aromatic nitrogens is 1. The number of rotatable bonds is 5. The van der Waals surface area contributed by atoms with Crippen LogP contribution in [0.25, 0.3) is 0 Å². The van der Waals surface area contributed by atoms with E-state index in [0.717, 1.165) is 19.0 Å². The quantitative estimate of drug-likeness (QED) is 0.798. The van der Waals surface area contributed by atoms with E-state index in [4.69, 9.17) is 5.73 Å². The van der Waals surface area contributed by atoms with Crippen molar-refractivity contribution in [2.75, 3.05) is 18.8 Å². The maximum atomic E-state index is 5.56. The van der Waals surface area contributed by atoms with E-state index in [1.54, 1.807) is 0 Å². The minimum Gasteiger partial charge on any atom is -0.384 e. The highest BCUT2D eigenvalue weighted by molar-refractivity contribution is 5.29. The normalized spacial score (nSPS) is 15.9. The van der Waals surface area contributed by atoms with Crippen LogP contribution in [0.4, 0.5) is 5.82 Å². The van der Waals surface area contributed by atoms with Crippen molar-refractivity contribution < 1.29 is 0 Å². The summed E-state index contributed by atoms with van der Waals surface area (Å²) in [4.78, 5) is 6.59. The summed E-state index contributed by atoms with van der Waals surface area (Å²) in [6.07, 6.45) is 4.71. The monoisotopic (exact) mass is 205 g/mol. The first-order valence-corrected chi connectivity index (χ1v) is 5.70. The van der Waals surface area contributed by atoms with Gasteiger partial charge >= 0.3 is 0 Å². The lowest BCUT2D eigenvalue weighted by molar-refractivity contribution is 0.268. The van der Waals surface area contributed by atoms with Crippen LogP contribution in [0.1, 0.15) is 25.3 Å². The number of nitrogens with zero attached hydrogens (tertiary/aromatic N) is 2. The zero-order valence-electron chi connectivity index (χ0n) is 9.32. The van der Waals surface area contributed by atoms with Crippen LogP contribution in [0.3, 0.4) is 0 Å². The Kier molecular flexibility index (Phi) is 3.21. The van der Waals surface area contributed by atoms with Crippen LogP contribution in [0, 0.1) is 5.92 Å². The van der Waals surface area contributed by atoms with Gasteiger partial charge in [0.1, 0.15) is 5.82 Å². The summed E-state index contributed by atoms with van der Waals surface area (Å²) in [6, 6.07) is 3.94.